The minimum Gasteiger partial charge on any atom is -0.457 e. The van der Waals surface area contributed by atoms with Gasteiger partial charge in [0.25, 0.3) is 0 Å². The smallest absolute Gasteiger partial charge is 0.331 e. The van der Waals surface area contributed by atoms with Gasteiger partial charge in [0.2, 0.25) is 0 Å². The summed E-state index contributed by atoms with van der Waals surface area (Å²) < 4.78 is 7.73. The van der Waals surface area contributed by atoms with Gasteiger partial charge in [-0.25, -0.2) is 4.79 Å². The van der Waals surface area contributed by atoms with E-state index in [2.05, 4.69) is 45.2 Å². The molecular formula is C15H26I2O2. The third kappa shape index (κ3) is 13.4. The maximum atomic E-state index is 11.8. The van der Waals surface area contributed by atoms with Crippen LogP contribution in [0, 0.1) is 0 Å². The fraction of sp³-hybridized carbons (Fsp3) is 0.800. The minimum atomic E-state index is -0.400. The van der Waals surface area contributed by atoms with Crippen LogP contribution >= 0.6 is 45.2 Å². The molecular weight excluding hydrogens is 466 g/mol. The Hall–Kier alpha value is 0.670. The summed E-state index contributed by atoms with van der Waals surface area (Å²) >= 11 is 4.80. The van der Waals surface area contributed by atoms with E-state index in [9.17, 15) is 4.79 Å². The molecule has 0 saturated carbocycles. The van der Waals surface area contributed by atoms with Crippen molar-refractivity contribution in [2.45, 2.75) is 64.9 Å². The number of halogens is 2. The van der Waals surface area contributed by atoms with E-state index in [1.165, 1.54) is 40.1 Å². The molecule has 0 atom stereocenters. The Morgan fingerprint density at radius 2 is 1.47 bits per heavy atom. The number of ether oxygens (including phenoxy) is 1. The van der Waals surface area contributed by atoms with Crippen LogP contribution in [0.15, 0.2) is 11.6 Å². The second kappa shape index (κ2) is 11.3. The Balaban J connectivity index is 4.38. The second-order valence-electron chi connectivity index (χ2n) is 5.63. The van der Waals surface area contributed by atoms with Gasteiger partial charge >= 0.3 is 5.97 Å². The molecule has 112 valence electrons. The van der Waals surface area contributed by atoms with Crippen LogP contribution in [-0.2, 0) is 9.53 Å². The summed E-state index contributed by atoms with van der Waals surface area (Å²) in [6.07, 6.45) is 8.57. The average molecular weight is 492 g/mol. The molecule has 2 nitrogen and oxygen atoms in total. The predicted molar refractivity (Wildman–Crippen MR) is 99.4 cm³/mol. The van der Waals surface area contributed by atoms with Gasteiger partial charge in [-0.1, -0.05) is 50.8 Å². The standard InChI is InChI=1S/C15H26I2O2/c1-15(2,3)19-14(18)12-13(8-4-6-10-16)9-5-7-11-17/h12H,4-11H2,1-3H3. The first-order chi connectivity index (χ1) is 8.89. The number of carbonyl (C=O) groups excluding carboxylic acids is 1. The molecule has 0 aliphatic rings. The molecule has 19 heavy (non-hydrogen) atoms. The molecule has 0 spiro atoms. The molecule has 0 aromatic carbocycles. The number of rotatable bonds is 9. The van der Waals surface area contributed by atoms with Crippen molar-refractivity contribution in [3.05, 3.63) is 11.6 Å². The van der Waals surface area contributed by atoms with Gasteiger partial charge in [0.05, 0.1) is 0 Å². The van der Waals surface area contributed by atoms with Crippen LogP contribution in [0.25, 0.3) is 0 Å². The normalized spacial score (nSPS) is 11.2. The van der Waals surface area contributed by atoms with E-state index >= 15 is 0 Å². The van der Waals surface area contributed by atoms with Gasteiger partial charge in [0, 0.05) is 6.08 Å². The highest BCUT2D eigenvalue weighted by Gasteiger charge is 2.15. The summed E-state index contributed by atoms with van der Waals surface area (Å²) in [6, 6.07) is 0. The van der Waals surface area contributed by atoms with Crippen molar-refractivity contribution < 1.29 is 9.53 Å². The topological polar surface area (TPSA) is 26.3 Å². The lowest BCUT2D eigenvalue weighted by atomic mass is 10.0. The van der Waals surface area contributed by atoms with Crippen LogP contribution in [0.4, 0.5) is 0 Å². The van der Waals surface area contributed by atoms with E-state index in [1.807, 2.05) is 20.8 Å². The molecule has 0 aliphatic carbocycles. The first-order valence-electron chi connectivity index (χ1n) is 6.93. The van der Waals surface area contributed by atoms with Crippen molar-refractivity contribution in [3.8, 4) is 0 Å². The summed E-state index contributed by atoms with van der Waals surface area (Å²) in [5, 5.41) is 0. The minimum absolute atomic E-state index is 0.188. The molecule has 0 unspecified atom stereocenters. The summed E-state index contributed by atoms with van der Waals surface area (Å²) in [7, 11) is 0. The van der Waals surface area contributed by atoms with Crippen molar-refractivity contribution in [2.75, 3.05) is 8.86 Å². The van der Waals surface area contributed by atoms with Crippen molar-refractivity contribution in [3.63, 3.8) is 0 Å². The Morgan fingerprint density at radius 3 is 1.84 bits per heavy atom. The van der Waals surface area contributed by atoms with Crippen LogP contribution in [-0.4, -0.2) is 20.4 Å². The number of hydrogen-bond acceptors (Lipinski definition) is 2. The van der Waals surface area contributed by atoms with E-state index in [1.54, 1.807) is 6.08 Å². The molecule has 0 N–H and O–H groups in total. The van der Waals surface area contributed by atoms with Crippen molar-refractivity contribution in [1.82, 2.24) is 0 Å². The second-order valence-corrected chi connectivity index (χ2v) is 7.79. The number of allylic oxidation sites excluding steroid dienone is 1. The van der Waals surface area contributed by atoms with Crippen LogP contribution in [0.3, 0.4) is 0 Å². The molecule has 0 rings (SSSR count). The van der Waals surface area contributed by atoms with Crippen LogP contribution in [0.5, 0.6) is 0 Å². The SMILES string of the molecule is CC(C)(C)OC(=O)C=C(CCCCI)CCCCI. The largest absolute Gasteiger partial charge is 0.457 e. The van der Waals surface area contributed by atoms with Gasteiger partial charge in [0.15, 0.2) is 0 Å². The third-order valence-corrected chi connectivity index (χ3v) is 4.02. The number of esters is 1. The summed E-state index contributed by atoms with van der Waals surface area (Å²) in [5.41, 5.74) is 0.854. The van der Waals surface area contributed by atoms with Crippen molar-refractivity contribution in [2.24, 2.45) is 0 Å². The lowest BCUT2D eigenvalue weighted by molar-refractivity contribution is -0.148. The first-order valence-corrected chi connectivity index (χ1v) is 9.98. The Kier molecular flexibility index (Phi) is 11.7. The van der Waals surface area contributed by atoms with Gasteiger partial charge in [-0.3, -0.25) is 0 Å². The van der Waals surface area contributed by atoms with E-state index in [0.717, 1.165) is 12.8 Å². The number of alkyl halides is 2. The zero-order chi connectivity index (χ0) is 14.7. The number of unbranched alkanes of at least 4 members (excludes halogenated alkanes) is 2. The van der Waals surface area contributed by atoms with E-state index in [4.69, 9.17) is 4.74 Å². The molecule has 0 fully saturated rings. The average Bonchev–Trinajstić information content (AvgIpc) is 2.26. The molecule has 0 bridgehead atoms. The monoisotopic (exact) mass is 492 g/mol. The molecule has 0 heterocycles. The highest BCUT2D eigenvalue weighted by molar-refractivity contribution is 14.1. The van der Waals surface area contributed by atoms with Gasteiger partial charge in [-0.15, -0.1) is 0 Å². The fourth-order valence-corrected chi connectivity index (χ4v) is 2.74. The molecule has 0 aromatic rings. The van der Waals surface area contributed by atoms with E-state index in [0.29, 0.717) is 0 Å². The van der Waals surface area contributed by atoms with E-state index in [-0.39, 0.29) is 5.97 Å². The maximum absolute atomic E-state index is 11.8. The van der Waals surface area contributed by atoms with Crippen molar-refractivity contribution in [1.29, 1.82) is 0 Å². The Morgan fingerprint density at radius 1 is 1.00 bits per heavy atom. The molecule has 0 aromatic heterocycles. The molecule has 0 amide bonds. The lowest BCUT2D eigenvalue weighted by Gasteiger charge is -2.18. The fourth-order valence-electron chi connectivity index (χ4n) is 1.66. The molecule has 0 radical (unpaired) electrons. The highest BCUT2D eigenvalue weighted by atomic mass is 127. The number of hydrogen-bond donors (Lipinski definition) is 0. The summed E-state index contributed by atoms with van der Waals surface area (Å²) in [4.78, 5) is 11.8. The Bertz CT molecular complexity index is 268. The Labute approximate surface area is 145 Å². The maximum Gasteiger partial charge on any atom is 0.331 e. The van der Waals surface area contributed by atoms with Crippen LogP contribution in [0.1, 0.15) is 59.3 Å². The molecule has 0 saturated heterocycles. The molecule has 4 heteroatoms. The van der Waals surface area contributed by atoms with E-state index < -0.39 is 5.60 Å². The van der Waals surface area contributed by atoms with Crippen LogP contribution in [0.2, 0.25) is 0 Å². The zero-order valence-electron chi connectivity index (χ0n) is 12.3. The molecule has 0 aliphatic heterocycles. The van der Waals surface area contributed by atoms with Gasteiger partial charge < -0.3 is 4.74 Å². The first kappa shape index (κ1) is 19.7. The highest BCUT2D eigenvalue weighted by Crippen LogP contribution is 2.17. The van der Waals surface area contributed by atoms with Crippen molar-refractivity contribution >= 4 is 51.2 Å². The predicted octanol–water partition coefficient (Wildman–Crippen LogP) is 5.47. The lowest BCUT2D eigenvalue weighted by Crippen LogP contribution is -2.22. The summed E-state index contributed by atoms with van der Waals surface area (Å²) in [6.45, 7) is 5.72. The number of carbonyl (C=O) groups is 1. The van der Waals surface area contributed by atoms with Gasteiger partial charge in [-0.2, -0.15) is 0 Å². The summed E-state index contributed by atoms with van der Waals surface area (Å²) in [5.74, 6) is -0.188. The van der Waals surface area contributed by atoms with Gasteiger partial charge in [-0.05, 0) is 68.2 Å². The zero-order valence-corrected chi connectivity index (χ0v) is 16.6. The quantitative estimate of drug-likeness (QED) is 0.141. The van der Waals surface area contributed by atoms with Gasteiger partial charge in [0.1, 0.15) is 5.60 Å². The third-order valence-electron chi connectivity index (χ3n) is 2.49. The van der Waals surface area contributed by atoms with Crippen LogP contribution < -0.4 is 0 Å².